The van der Waals surface area contributed by atoms with E-state index in [4.69, 9.17) is 26.9 Å². The van der Waals surface area contributed by atoms with E-state index < -0.39 is 22.2 Å². The van der Waals surface area contributed by atoms with Crippen molar-refractivity contribution in [1.82, 2.24) is 24.9 Å². The van der Waals surface area contributed by atoms with Gasteiger partial charge in [0.2, 0.25) is 14.8 Å². The summed E-state index contributed by atoms with van der Waals surface area (Å²) in [5.74, 6) is -1.50. The predicted molar refractivity (Wildman–Crippen MR) is 145 cm³/mol. The largest absolute Gasteiger partial charge is 0.490 e. The number of sulfonamides is 1. The number of H-pyrrole nitrogens is 2. The zero-order valence-electron chi connectivity index (χ0n) is 21.6. The molecule has 1 aliphatic carbocycles. The van der Waals surface area contributed by atoms with Crippen LogP contribution in [0.5, 0.6) is 5.75 Å². The maximum atomic E-state index is 13.0. The highest BCUT2D eigenvalue weighted by atomic mass is 32.2. The summed E-state index contributed by atoms with van der Waals surface area (Å²) in [5.41, 5.74) is 2.88. The number of para-hydroxylation sites is 1. The van der Waals surface area contributed by atoms with Crippen LogP contribution >= 0.6 is 12.2 Å². The number of aliphatic carboxylic acids is 1. The Balaban J connectivity index is 0.000000493. The van der Waals surface area contributed by atoms with Gasteiger partial charge >= 0.3 is 12.1 Å². The van der Waals surface area contributed by atoms with Crippen molar-refractivity contribution in [2.75, 3.05) is 0 Å². The molecule has 0 spiro atoms. The first-order valence-electron chi connectivity index (χ1n) is 12.4. The Morgan fingerprint density at radius 3 is 2.44 bits per heavy atom. The first-order chi connectivity index (χ1) is 19.3. The van der Waals surface area contributed by atoms with Crippen molar-refractivity contribution in [3.8, 4) is 5.75 Å². The number of carbonyl (C=O) groups is 1. The molecular weight excluding hydrogens is 583 g/mol. The second-order valence-corrected chi connectivity index (χ2v) is 11.4. The average Bonchev–Trinajstić information content (AvgIpc) is 3.55. The van der Waals surface area contributed by atoms with Crippen LogP contribution in [0, 0.1) is 11.7 Å². The first kappa shape index (κ1) is 30.1. The maximum Gasteiger partial charge on any atom is 0.490 e. The summed E-state index contributed by atoms with van der Waals surface area (Å²) in [7, 11) is -3.69. The number of benzene rings is 2. The van der Waals surface area contributed by atoms with Gasteiger partial charge < -0.3 is 9.84 Å². The molecule has 41 heavy (non-hydrogen) atoms. The lowest BCUT2D eigenvalue weighted by Crippen LogP contribution is -2.36. The topological polar surface area (TPSA) is 150 Å². The fraction of sp³-hybridized carbons (Fsp3) is 0.308. The van der Waals surface area contributed by atoms with Crippen molar-refractivity contribution in [2.45, 2.75) is 55.8 Å². The highest BCUT2D eigenvalue weighted by molar-refractivity contribution is 7.89. The van der Waals surface area contributed by atoms with Crippen molar-refractivity contribution in [3.63, 3.8) is 0 Å². The van der Waals surface area contributed by atoms with Crippen LogP contribution in [-0.2, 0) is 21.4 Å². The van der Waals surface area contributed by atoms with Crippen LogP contribution in [0.2, 0.25) is 0 Å². The van der Waals surface area contributed by atoms with Crippen molar-refractivity contribution < 1.29 is 36.2 Å². The molecule has 2 aromatic heterocycles. The monoisotopic (exact) mass is 609 g/mol. The van der Waals surface area contributed by atoms with E-state index in [-0.39, 0.29) is 16.9 Å². The van der Waals surface area contributed by atoms with Gasteiger partial charge in [0.1, 0.15) is 18.2 Å². The fourth-order valence-electron chi connectivity index (χ4n) is 4.54. The number of fused-ring (bicyclic) bond motifs is 1. The SMILES string of the molecule is Cc1cc(COc2ccc(S(=O)(=O)NC3CCCC3c3nc(=S)[nH][nH]3)cc2)c2ccccc2n1.O=C(O)C(F)(F)F. The molecule has 218 valence electrons. The standard InChI is InChI=1S/C24H25N5O3S2.C2HF3O2/c1-15-13-16(19-5-2-3-7-21(19)25-15)14-32-17-9-11-18(12-10-17)34(30,31)29-22-8-4-6-20(22)23-26-24(33)28-27-23;3-2(4,5)1(6)7/h2-3,5,7,9-13,20,22,29H,4,6,8,14H2,1H3,(H2,26,27,28,33);(H,6,7). The Labute approximate surface area is 238 Å². The second kappa shape index (κ2) is 12.4. The third-order valence-electron chi connectivity index (χ3n) is 6.39. The van der Waals surface area contributed by atoms with Crippen molar-refractivity contribution in [3.05, 3.63) is 76.5 Å². The third-order valence-corrected chi connectivity index (χ3v) is 8.09. The van der Waals surface area contributed by atoms with Crippen LogP contribution < -0.4 is 9.46 Å². The average molecular weight is 610 g/mol. The van der Waals surface area contributed by atoms with Crippen LogP contribution in [0.4, 0.5) is 13.2 Å². The van der Waals surface area contributed by atoms with Gasteiger partial charge in [-0.05, 0) is 68.4 Å². The molecule has 2 atom stereocenters. The number of aromatic nitrogens is 4. The molecule has 1 saturated carbocycles. The Morgan fingerprint density at radius 1 is 1.12 bits per heavy atom. The molecule has 5 rings (SSSR count). The van der Waals surface area contributed by atoms with E-state index in [9.17, 15) is 21.6 Å². The van der Waals surface area contributed by atoms with Crippen LogP contribution in [-0.4, -0.2) is 51.9 Å². The summed E-state index contributed by atoms with van der Waals surface area (Å²) in [6.45, 7) is 2.32. The molecule has 0 bridgehead atoms. The molecule has 0 radical (unpaired) electrons. The molecule has 1 fully saturated rings. The fourth-order valence-corrected chi connectivity index (χ4v) is 6.01. The third kappa shape index (κ3) is 7.68. The number of hydrogen-bond donors (Lipinski definition) is 4. The van der Waals surface area contributed by atoms with E-state index in [1.165, 1.54) is 0 Å². The van der Waals surface area contributed by atoms with Crippen LogP contribution in [0.25, 0.3) is 10.9 Å². The summed E-state index contributed by atoms with van der Waals surface area (Å²) in [6, 6.07) is 16.2. The van der Waals surface area contributed by atoms with Crippen molar-refractivity contribution in [2.24, 2.45) is 0 Å². The van der Waals surface area contributed by atoms with Crippen LogP contribution in [0.1, 0.15) is 42.3 Å². The summed E-state index contributed by atoms with van der Waals surface area (Å²) in [6.07, 6.45) is -2.57. The molecule has 2 heterocycles. The Hall–Kier alpha value is -3.82. The predicted octanol–water partition coefficient (Wildman–Crippen LogP) is 5.15. The van der Waals surface area contributed by atoms with Gasteiger partial charge in [0.15, 0.2) is 0 Å². The molecular formula is C26H26F3N5O5S2. The number of aromatic amines is 2. The highest BCUT2D eigenvalue weighted by Crippen LogP contribution is 2.33. The molecule has 0 aliphatic heterocycles. The molecule has 4 aromatic rings. The zero-order chi connectivity index (χ0) is 29.8. The smallest absolute Gasteiger partial charge is 0.489 e. The van der Waals surface area contributed by atoms with Crippen LogP contribution in [0.15, 0.2) is 59.5 Å². The number of hydrogen-bond acceptors (Lipinski definition) is 7. The lowest BCUT2D eigenvalue weighted by Gasteiger charge is -2.19. The molecule has 2 unspecified atom stereocenters. The lowest BCUT2D eigenvalue weighted by atomic mass is 10.0. The number of ether oxygens (including phenoxy) is 1. The molecule has 4 N–H and O–H groups in total. The Morgan fingerprint density at radius 2 is 1.80 bits per heavy atom. The number of rotatable bonds is 7. The van der Waals surface area contributed by atoms with Gasteiger partial charge in [-0.15, -0.1) is 0 Å². The summed E-state index contributed by atoms with van der Waals surface area (Å²) < 4.78 is 67.0. The van der Waals surface area contributed by atoms with Gasteiger partial charge in [-0.2, -0.15) is 13.2 Å². The number of pyridine rings is 1. The number of halogens is 3. The molecule has 2 aromatic carbocycles. The minimum Gasteiger partial charge on any atom is -0.489 e. The van der Waals surface area contributed by atoms with E-state index in [1.807, 2.05) is 37.3 Å². The molecule has 1 aliphatic rings. The minimum absolute atomic E-state index is 0.0380. The number of alkyl halides is 3. The zero-order valence-corrected chi connectivity index (χ0v) is 23.2. The first-order valence-corrected chi connectivity index (χ1v) is 14.3. The molecule has 10 nitrogen and oxygen atoms in total. The van der Waals surface area contributed by atoms with Gasteiger partial charge in [0.05, 0.1) is 10.4 Å². The molecule has 0 saturated heterocycles. The summed E-state index contributed by atoms with van der Waals surface area (Å²) in [4.78, 5) is 17.9. The van der Waals surface area contributed by atoms with Gasteiger partial charge in [-0.3, -0.25) is 15.2 Å². The summed E-state index contributed by atoms with van der Waals surface area (Å²) >= 11 is 5.04. The van der Waals surface area contributed by atoms with Crippen molar-refractivity contribution >= 4 is 39.1 Å². The van der Waals surface area contributed by atoms with Crippen LogP contribution in [0.3, 0.4) is 0 Å². The lowest BCUT2D eigenvalue weighted by molar-refractivity contribution is -0.192. The number of carboxylic acids is 1. The van der Waals surface area contributed by atoms with Gasteiger partial charge in [-0.25, -0.2) is 22.9 Å². The Kier molecular flexibility index (Phi) is 9.09. The van der Waals surface area contributed by atoms with Crippen molar-refractivity contribution in [1.29, 1.82) is 0 Å². The highest BCUT2D eigenvalue weighted by Gasteiger charge is 2.38. The molecule has 15 heteroatoms. The van der Waals surface area contributed by atoms with E-state index in [0.717, 1.165) is 41.4 Å². The van der Waals surface area contributed by atoms with Gasteiger partial charge in [-0.1, -0.05) is 24.6 Å². The number of carboxylic acid groups (broad SMARTS) is 1. The molecule has 0 amide bonds. The van der Waals surface area contributed by atoms with Gasteiger partial charge in [0.25, 0.3) is 0 Å². The van der Waals surface area contributed by atoms with E-state index >= 15 is 0 Å². The minimum atomic E-state index is -5.08. The number of aryl methyl sites for hydroxylation is 1. The Bertz CT molecular complexity index is 1690. The normalized spacial score (nSPS) is 17.2. The number of nitrogens with zero attached hydrogens (tertiary/aromatic N) is 2. The second-order valence-electron chi connectivity index (χ2n) is 9.32. The number of nitrogens with one attached hydrogen (secondary N) is 3. The van der Waals surface area contributed by atoms with Gasteiger partial charge in [0, 0.05) is 28.6 Å². The maximum absolute atomic E-state index is 13.0. The quantitative estimate of drug-likeness (QED) is 0.210. The summed E-state index contributed by atoms with van der Waals surface area (Å²) in [5, 5.41) is 13.9. The van der Waals surface area contributed by atoms with E-state index in [2.05, 4.69) is 24.9 Å². The van der Waals surface area contributed by atoms with E-state index in [0.29, 0.717) is 23.0 Å². The van der Waals surface area contributed by atoms with E-state index in [1.54, 1.807) is 24.3 Å².